The predicted octanol–water partition coefficient (Wildman–Crippen LogP) is 3.99. The van der Waals surface area contributed by atoms with Gasteiger partial charge in [0.1, 0.15) is 18.0 Å². The summed E-state index contributed by atoms with van der Waals surface area (Å²) >= 11 is 0. The molecule has 0 spiro atoms. The maximum atomic E-state index is 13.7. The molecular weight excluding hydrogens is 511 g/mol. The van der Waals surface area contributed by atoms with Gasteiger partial charge in [0.15, 0.2) is 0 Å². The van der Waals surface area contributed by atoms with Gasteiger partial charge in [-0.2, -0.15) is 18.2 Å². The largest absolute Gasteiger partial charge is 0.421 e. The highest BCUT2D eigenvalue weighted by molar-refractivity contribution is 5.77. The molecule has 0 atom stereocenters. The number of rotatable bonds is 9. The second-order valence-corrected chi connectivity index (χ2v) is 9.98. The van der Waals surface area contributed by atoms with Crippen LogP contribution in [-0.2, 0) is 22.1 Å². The van der Waals surface area contributed by atoms with Crippen LogP contribution < -0.4 is 15.5 Å². The number of carbonyl (C=O) groups excluding carboxylic acids is 1. The third-order valence-corrected chi connectivity index (χ3v) is 7.09. The first-order chi connectivity index (χ1) is 18.7. The lowest BCUT2D eigenvalue weighted by atomic mass is 10.1. The van der Waals surface area contributed by atoms with E-state index in [0.29, 0.717) is 26.1 Å². The van der Waals surface area contributed by atoms with E-state index >= 15 is 0 Å². The van der Waals surface area contributed by atoms with Crippen molar-refractivity contribution in [1.29, 1.82) is 0 Å². The van der Waals surface area contributed by atoms with Crippen LogP contribution in [-0.4, -0.2) is 91.7 Å². The number of alkyl halides is 3. The first-order valence-electron chi connectivity index (χ1n) is 13.6. The van der Waals surface area contributed by atoms with E-state index in [4.69, 9.17) is 4.74 Å². The summed E-state index contributed by atoms with van der Waals surface area (Å²) < 4.78 is 46.3. The molecule has 2 fully saturated rings. The second-order valence-electron chi connectivity index (χ2n) is 9.98. The quantitative estimate of drug-likeness (QED) is 0.455. The SMILES string of the molecule is CCc1cc(N2CCCN(C)CC2)ccc1Nc1ncc(C(F)(F)F)c(NCCCN2CCCOCC2=O)n1. The van der Waals surface area contributed by atoms with E-state index in [1.165, 1.54) is 0 Å². The molecule has 2 N–H and O–H groups in total. The zero-order valence-electron chi connectivity index (χ0n) is 22.7. The first-order valence-corrected chi connectivity index (χ1v) is 13.6. The van der Waals surface area contributed by atoms with Crippen molar-refractivity contribution in [2.75, 3.05) is 81.6 Å². The molecule has 2 aliphatic rings. The maximum Gasteiger partial charge on any atom is 0.421 e. The summed E-state index contributed by atoms with van der Waals surface area (Å²) in [6, 6.07) is 6.11. The summed E-state index contributed by atoms with van der Waals surface area (Å²) in [5.74, 6) is -0.295. The molecule has 0 radical (unpaired) electrons. The Morgan fingerprint density at radius 3 is 2.74 bits per heavy atom. The summed E-state index contributed by atoms with van der Waals surface area (Å²) in [7, 11) is 2.13. The number of ether oxygens (including phenoxy) is 1. The van der Waals surface area contributed by atoms with Crippen molar-refractivity contribution in [2.45, 2.75) is 38.8 Å². The lowest BCUT2D eigenvalue weighted by molar-refractivity contribution is -0.137. The van der Waals surface area contributed by atoms with Crippen molar-refractivity contribution < 1.29 is 22.7 Å². The topological polar surface area (TPSA) is 85.9 Å². The molecule has 39 heavy (non-hydrogen) atoms. The Labute approximate surface area is 227 Å². The highest BCUT2D eigenvalue weighted by Gasteiger charge is 2.35. The van der Waals surface area contributed by atoms with Gasteiger partial charge in [0.25, 0.3) is 0 Å². The average molecular weight is 550 g/mol. The number of hydrogen-bond donors (Lipinski definition) is 2. The van der Waals surface area contributed by atoms with Crippen LogP contribution in [0.25, 0.3) is 0 Å². The van der Waals surface area contributed by atoms with Gasteiger partial charge in [0.05, 0.1) is 0 Å². The summed E-state index contributed by atoms with van der Waals surface area (Å²) in [5.41, 5.74) is 2.01. The van der Waals surface area contributed by atoms with Crippen LogP contribution in [0.2, 0.25) is 0 Å². The summed E-state index contributed by atoms with van der Waals surface area (Å²) in [6.45, 7) is 7.87. The van der Waals surface area contributed by atoms with Crippen molar-refractivity contribution in [3.8, 4) is 0 Å². The number of aromatic nitrogens is 2. The Bertz CT molecular complexity index is 1120. The fraction of sp³-hybridized carbons (Fsp3) is 0.593. The standard InChI is InChI=1S/C27H38F3N7O2/c1-3-20-17-21(36-12-5-10-35(2)14-15-36)7-8-23(20)33-26-32-18-22(27(28,29)30)25(34-26)31-9-4-11-37-13-6-16-39-19-24(37)38/h7-8,17-18H,3-6,9-16,19H2,1-2H3,(H2,31,32,33,34). The molecule has 2 aromatic rings. The Morgan fingerprint density at radius 2 is 1.95 bits per heavy atom. The molecule has 0 saturated carbocycles. The fourth-order valence-corrected chi connectivity index (χ4v) is 4.85. The first kappa shape index (κ1) is 28.9. The van der Waals surface area contributed by atoms with Crippen molar-refractivity contribution in [3.05, 3.63) is 35.5 Å². The number of hydrogen-bond acceptors (Lipinski definition) is 8. The van der Waals surface area contributed by atoms with E-state index in [0.717, 1.165) is 68.6 Å². The highest BCUT2D eigenvalue weighted by Crippen LogP contribution is 2.34. The molecule has 9 nitrogen and oxygen atoms in total. The lowest BCUT2D eigenvalue weighted by Crippen LogP contribution is -2.34. The van der Waals surface area contributed by atoms with E-state index in [1.807, 2.05) is 19.1 Å². The van der Waals surface area contributed by atoms with Crippen LogP contribution in [0.5, 0.6) is 0 Å². The van der Waals surface area contributed by atoms with Gasteiger partial charge in [0, 0.05) is 63.4 Å². The molecule has 1 aromatic heterocycles. The van der Waals surface area contributed by atoms with E-state index in [9.17, 15) is 18.0 Å². The van der Waals surface area contributed by atoms with Crippen LogP contribution in [0.1, 0.15) is 37.3 Å². The summed E-state index contributed by atoms with van der Waals surface area (Å²) in [5, 5.41) is 5.94. The highest BCUT2D eigenvalue weighted by atomic mass is 19.4. The Kier molecular flexibility index (Phi) is 9.84. The molecule has 0 unspecified atom stereocenters. The van der Waals surface area contributed by atoms with Crippen LogP contribution in [0, 0.1) is 0 Å². The van der Waals surface area contributed by atoms with Gasteiger partial charge in [-0.25, -0.2) is 4.98 Å². The Balaban J connectivity index is 1.44. The smallest absolute Gasteiger partial charge is 0.372 e. The molecule has 1 amide bonds. The van der Waals surface area contributed by atoms with Gasteiger partial charge in [0.2, 0.25) is 11.9 Å². The van der Waals surface area contributed by atoms with Crippen molar-refractivity contribution in [1.82, 2.24) is 19.8 Å². The van der Waals surface area contributed by atoms with Crippen molar-refractivity contribution >= 4 is 29.0 Å². The molecule has 4 rings (SSSR count). The third kappa shape index (κ3) is 7.95. The minimum absolute atomic E-state index is 0.0443. The van der Waals surface area contributed by atoms with Gasteiger partial charge in [-0.15, -0.1) is 0 Å². The van der Waals surface area contributed by atoms with Gasteiger partial charge in [-0.1, -0.05) is 6.92 Å². The molecule has 1 aromatic carbocycles. The molecule has 12 heteroatoms. The van der Waals surface area contributed by atoms with Crippen LogP contribution in [0.3, 0.4) is 0 Å². The maximum absolute atomic E-state index is 13.7. The number of carbonyl (C=O) groups is 1. The van der Waals surface area contributed by atoms with E-state index in [1.54, 1.807) is 4.90 Å². The fourth-order valence-electron chi connectivity index (χ4n) is 4.85. The van der Waals surface area contributed by atoms with E-state index in [-0.39, 0.29) is 30.8 Å². The number of halogens is 3. The number of likely N-dealkylation sites (N-methyl/N-ethyl adjacent to an activating group) is 1. The van der Waals surface area contributed by atoms with Crippen molar-refractivity contribution in [3.63, 3.8) is 0 Å². The number of nitrogens with zero attached hydrogens (tertiary/aromatic N) is 5. The number of nitrogens with one attached hydrogen (secondary N) is 2. The monoisotopic (exact) mass is 549 g/mol. The molecule has 0 bridgehead atoms. The Morgan fingerprint density at radius 1 is 1.10 bits per heavy atom. The Hall–Kier alpha value is -3.12. The number of aryl methyl sites for hydroxylation is 1. The van der Waals surface area contributed by atoms with Gasteiger partial charge in [-0.05, 0) is 63.0 Å². The minimum Gasteiger partial charge on any atom is -0.372 e. The zero-order chi connectivity index (χ0) is 27.8. The molecular formula is C27H38F3N7O2. The summed E-state index contributed by atoms with van der Waals surface area (Å²) in [4.78, 5) is 26.6. The van der Waals surface area contributed by atoms with E-state index in [2.05, 4.69) is 43.5 Å². The number of amides is 1. The van der Waals surface area contributed by atoms with Crippen molar-refractivity contribution in [2.24, 2.45) is 0 Å². The third-order valence-electron chi connectivity index (χ3n) is 7.09. The second kappa shape index (κ2) is 13.3. The molecule has 0 aliphatic carbocycles. The molecule has 2 aliphatic heterocycles. The van der Waals surface area contributed by atoms with E-state index < -0.39 is 11.7 Å². The molecule has 2 saturated heterocycles. The van der Waals surface area contributed by atoms with Crippen LogP contribution >= 0.6 is 0 Å². The number of benzene rings is 1. The summed E-state index contributed by atoms with van der Waals surface area (Å²) in [6.07, 6.45) is -0.735. The lowest BCUT2D eigenvalue weighted by Gasteiger charge is -2.24. The van der Waals surface area contributed by atoms with Crippen LogP contribution in [0.4, 0.5) is 36.3 Å². The molecule has 3 heterocycles. The van der Waals surface area contributed by atoms with Gasteiger partial charge >= 0.3 is 6.18 Å². The average Bonchev–Trinajstić information content (AvgIpc) is 3.25. The minimum atomic E-state index is -4.60. The normalized spacial score (nSPS) is 17.6. The predicted molar refractivity (Wildman–Crippen MR) is 146 cm³/mol. The number of anilines is 4. The van der Waals surface area contributed by atoms with Crippen LogP contribution in [0.15, 0.2) is 24.4 Å². The van der Waals surface area contributed by atoms with Gasteiger partial charge < -0.3 is 30.1 Å². The molecule has 214 valence electrons. The zero-order valence-corrected chi connectivity index (χ0v) is 22.7. The van der Waals surface area contributed by atoms with Gasteiger partial charge in [-0.3, -0.25) is 4.79 Å².